The van der Waals surface area contributed by atoms with E-state index < -0.39 is 12.0 Å². The van der Waals surface area contributed by atoms with Gasteiger partial charge >= 0.3 is 6.09 Å². The molecule has 0 unspecified atom stereocenters. The van der Waals surface area contributed by atoms with Gasteiger partial charge in [0.1, 0.15) is 12.4 Å². The Morgan fingerprint density at radius 1 is 0.977 bits per heavy atom. The van der Waals surface area contributed by atoms with Crippen molar-refractivity contribution >= 4 is 23.0 Å². The number of nitrogens with zero attached hydrogens (tertiary/aromatic N) is 3. The molecule has 11 heteroatoms. The predicted molar refractivity (Wildman–Crippen MR) is 161 cm³/mol. The number of carbonyl (C=O) groups is 2. The van der Waals surface area contributed by atoms with E-state index in [0.29, 0.717) is 40.3 Å². The highest BCUT2D eigenvalue weighted by atomic mass is 19.3. The lowest BCUT2D eigenvalue weighted by Crippen LogP contribution is -2.42. The summed E-state index contributed by atoms with van der Waals surface area (Å²) in [6.07, 6.45) is 4.54. The van der Waals surface area contributed by atoms with E-state index >= 15 is 8.78 Å². The zero-order chi connectivity index (χ0) is 30.6. The van der Waals surface area contributed by atoms with Crippen LogP contribution in [0.15, 0.2) is 67.1 Å². The van der Waals surface area contributed by atoms with E-state index in [4.69, 9.17) is 0 Å². The zero-order valence-corrected chi connectivity index (χ0v) is 24.2. The van der Waals surface area contributed by atoms with Crippen LogP contribution in [-0.4, -0.2) is 57.0 Å². The molecule has 0 bridgehead atoms. The van der Waals surface area contributed by atoms with E-state index in [0.717, 1.165) is 29.4 Å². The summed E-state index contributed by atoms with van der Waals surface area (Å²) in [5.74, 6) is -2.93. The molecule has 0 aliphatic heterocycles. The maximum Gasteiger partial charge on any atom is 0.407 e. The predicted octanol–water partition coefficient (Wildman–Crippen LogP) is 6.23. The molecule has 5 aromatic rings. The minimum Gasteiger partial charge on any atom is -0.453 e. The molecule has 9 nitrogen and oxygen atoms in total. The largest absolute Gasteiger partial charge is 0.453 e. The first-order valence-electron chi connectivity index (χ1n) is 14.4. The monoisotopic (exact) mass is 596 g/mol. The number of amides is 2. The number of aromatic amines is 2. The number of alkyl carbamates (subject to hydrolysis) is 1. The molecular weight excluding hydrogens is 566 g/mol. The van der Waals surface area contributed by atoms with Gasteiger partial charge in [-0.15, -0.1) is 0 Å². The molecule has 0 spiro atoms. The number of halogens is 2. The molecule has 224 valence electrons. The second kappa shape index (κ2) is 10.3. The number of hydrogen-bond acceptors (Lipinski definition) is 5. The van der Waals surface area contributed by atoms with Crippen molar-refractivity contribution in [3.05, 3.63) is 84.1 Å². The summed E-state index contributed by atoms with van der Waals surface area (Å²) in [7, 11) is 1.24. The second-order valence-corrected chi connectivity index (χ2v) is 11.9. The number of ether oxygens (including phenoxy) is 1. The molecule has 3 N–H and O–H groups in total. The zero-order valence-electron chi connectivity index (χ0n) is 24.2. The van der Waals surface area contributed by atoms with Crippen LogP contribution in [0, 0.1) is 5.41 Å². The molecular formula is C33H30F2N6O3. The summed E-state index contributed by atoms with van der Waals surface area (Å²) in [6, 6.07) is 15.9. The molecule has 2 amide bonds. The summed E-state index contributed by atoms with van der Waals surface area (Å²) in [5.41, 5.74) is 5.27. The normalized spacial score (nSPS) is 15.5. The topological polar surface area (TPSA) is 116 Å². The molecule has 7 rings (SSSR count). The van der Waals surface area contributed by atoms with Gasteiger partial charge in [-0.05, 0) is 64.8 Å². The first kappa shape index (κ1) is 27.8. The van der Waals surface area contributed by atoms with Crippen molar-refractivity contribution < 1.29 is 23.1 Å². The summed E-state index contributed by atoms with van der Waals surface area (Å²) in [4.78, 5) is 41.1. The van der Waals surface area contributed by atoms with Gasteiger partial charge in [-0.25, -0.2) is 14.8 Å². The minimum absolute atomic E-state index is 0.0274. The third-order valence-corrected chi connectivity index (χ3v) is 8.64. The van der Waals surface area contributed by atoms with Crippen LogP contribution in [-0.2, 0) is 22.0 Å². The summed E-state index contributed by atoms with van der Waals surface area (Å²) < 4.78 is 36.5. The lowest BCUT2D eigenvalue weighted by atomic mass is 9.98. The fraction of sp³-hybridized carbons (Fsp3) is 0.273. The first-order chi connectivity index (χ1) is 21.1. The number of hydrogen-bond donors (Lipinski definition) is 3. The fourth-order valence-corrected chi connectivity index (χ4v) is 5.85. The number of alkyl halides is 2. The molecule has 0 radical (unpaired) electrons. The average Bonchev–Trinajstić information content (AvgIpc) is 3.35. The lowest BCUT2D eigenvalue weighted by Gasteiger charge is -2.25. The van der Waals surface area contributed by atoms with Gasteiger partial charge in [-0.1, -0.05) is 37.3 Å². The molecule has 3 aromatic carbocycles. The van der Waals surface area contributed by atoms with Gasteiger partial charge in [0.05, 0.1) is 42.9 Å². The highest BCUT2D eigenvalue weighted by molar-refractivity contribution is 5.87. The van der Waals surface area contributed by atoms with Crippen LogP contribution in [0.5, 0.6) is 0 Å². The number of fused-ring (bicyclic) bond motifs is 4. The smallest absolute Gasteiger partial charge is 0.407 e. The Morgan fingerprint density at radius 3 is 2.39 bits per heavy atom. The first-order valence-corrected chi connectivity index (χ1v) is 14.4. The minimum atomic E-state index is -3.19. The van der Waals surface area contributed by atoms with Crippen molar-refractivity contribution in [3.8, 4) is 33.5 Å². The number of rotatable bonds is 8. The molecule has 2 aromatic heterocycles. The SMILES string of the molecule is COC(=O)NCC(=O)N(Cc1ncc(-c2ccc3c(c2)C(F)(F)c2cc(-c4ccc5nc[nH]c5c4)ccc2-3)[nH]1)CC1(C)CC1. The van der Waals surface area contributed by atoms with Gasteiger partial charge in [0.2, 0.25) is 5.91 Å². The Morgan fingerprint density at radius 2 is 1.66 bits per heavy atom. The maximum absolute atomic E-state index is 16.0. The molecule has 2 aliphatic carbocycles. The van der Waals surface area contributed by atoms with Gasteiger partial charge in [0.25, 0.3) is 5.92 Å². The van der Waals surface area contributed by atoms with Crippen LogP contribution in [0.4, 0.5) is 13.6 Å². The van der Waals surface area contributed by atoms with Crippen LogP contribution in [0.1, 0.15) is 36.7 Å². The highest BCUT2D eigenvalue weighted by Crippen LogP contribution is 2.52. The van der Waals surface area contributed by atoms with Crippen molar-refractivity contribution in [2.24, 2.45) is 5.41 Å². The maximum atomic E-state index is 16.0. The van der Waals surface area contributed by atoms with E-state index in [1.54, 1.807) is 41.7 Å². The highest BCUT2D eigenvalue weighted by Gasteiger charge is 2.45. The van der Waals surface area contributed by atoms with E-state index in [-0.39, 0.29) is 35.5 Å². The van der Waals surface area contributed by atoms with Crippen molar-refractivity contribution in [1.82, 2.24) is 30.2 Å². The lowest BCUT2D eigenvalue weighted by molar-refractivity contribution is -0.131. The Bertz CT molecular complexity index is 1930. The average molecular weight is 597 g/mol. The second-order valence-electron chi connectivity index (χ2n) is 11.9. The molecule has 0 saturated heterocycles. The van der Waals surface area contributed by atoms with E-state index in [1.807, 2.05) is 24.3 Å². The number of aromatic nitrogens is 4. The van der Waals surface area contributed by atoms with Crippen LogP contribution in [0.25, 0.3) is 44.5 Å². The van der Waals surface area contributed by atoms with Crippen molar-refractivity contribution in [1.29, 1.82) is 0 Å². The third kappa shape index (κ3) is 4.97. The van der Waals surface area contributed by atoms with Crippen molar-refractivity contribution in [2.75, 3.05) is 20.2 Å². The molecule has 1 fully saturated rings. The summed E-state index contributed by atoms with van der Waals surface area (Å²) in [6.45, 7) is 2.62. The number of imidazole rings is 2. The van der Waals surface area contributed by atoms with E-state index in [2.05, 4.69) is 36.9 Å². The Labute approximate surface area is 251 Å². The number of carbonyl (C=O) groups excluding carboxylic acids is 2. The molecule has 2 heterocycles. The number of nitrogens with one attached hydrogen (secondary N) is 3. The fourth-order valence-electron chi connectivity index (χ4n) is 5.85. The van der Waals surface area contributed by atoms with Gasteiger partial charge < -0.3 is 24.9 Å². The Balaban J connectivity index is 1.13. The van der Waals surface area contributed by atoms with Crippen LogP contribution in [0.2, 0.25) is 0 Å². The summed E-state index contributed by atoms with van der Waals surface area (Å²) in [5, 5.41) is 2.44. The third-order valence-electron chi connectivity index (χ3n) is 8.64. The van der Waals surface area contributed by atoms with Gasteiger partial charge in [0, 0.05) is 23.2 Å². The molecule has 1 saturated carbocycles. The molecule has 2 aliphatic rings. The van der Waals surface area contributed by atoms with Gasteiger partial charge in [0.15, 0.2) is 0 Å². The van der Waals surface area contributed by atoms with Crippen molar-refractivity contribution in [2.45, 2.75) is 32.2 Å². The standard InChI is InChI=1S/C33H30F2N6O3/c1-32(9-10-32)17-41(30(42)15-37-31(43)44-2)16-29-36-14-28(40-29)21-4-7-23-22-6-3-19(11-24(22)33(34,35)25(23)12-21)20-5-8-26-27(13-20)39-18-38-26/h3-8,11-14,18H,9-10,15-17H2,1-2H3,(H,36,40)(H,37,43)(H,38,39). The molecule has 0 atom stereocenters. The van der Waals surface area contributed by atoms with Crippen LogP contribution in [0.3, 0.4) is 0 Å². The number of H-pyrrole nitrogens is 2. The Kier molecular flexibility index (Phi) is 6.49. The molecule has 44 heavy (non-hydrogen) atoms. The van der Waals surface area contributed by atoms with E-state index in [9.17, 15) is 9.59 Å². The number of benzene rings is 3. The quantitative estimate of drug-likeness (QED) is 0.197. The van der Waals surface area contributed by atoms with E-state index in [1.165, 1.54) is 13.2 Å². The van der Waals surface area contributed by atoms with Crippen LogP contribution >= 0.6 is 0 Å². The van der Waals surface area contributed by atoms with Gasteiger partial charge in [-0.3, -0.25) is 4.79 Å². The Hall–Kier alpha value is -5.06. The van der Waals surface area contributed by atoms with Gasteiger partial charge in [-0.2, -0.15) is 8.78 Å². The van der Waals surface area contributed by atoms with Crippen molar-refractivity contribution in [3.63, 3.8) is 0 Å². The van der Waals surface area contributed by atoms with Crippen LogP contribution < -0.4 is 5.32 Å². The summed E-state index contributed by atoms with van der Waals surface area (Å²) >= 11 is 0. The number of methoxy groups -OCH3 is 1.